The van der Waals surface area contributed by atoms with Gasteiger partial charge in [-0.15, -0.1) is 0 Å². The fourth-order valence-electron chi connectivity index (χ4n) is 2.67. The van der Waals surface area contributed by atoms with Crippen molar-refractivity contribution in [3.8, 4) is 0 Å². The Labute approximate surface area is 113 Å². The molecule has 0 aliphatic carbocycles. The van der Waals surface area contributed by atoms with Crippen LogP contribution in [0.15, 0.2) is 60.7 Å². The Balaban J connectivity index is 0.000000902. The zero-order valence-corrected chi connectivity index (χ0v) is 10.6. The Bertz CT molecular complexity index is 672. The van der Waals surface area contributed by atoms with Crippen LogP contribution >= 0.6 is 0 Å². The van der Waals surface area contributed by atoms with Crippen LogP contribution in [0.25, 0.3) is 32.3 Å². The summed E-state index contributed by atoms with van der Waals surface area (Å²) in [5, 5.41) is 8.14. The quantitative estimate of drug-likeness (QED) is 0.329. The average Bonchev–Trinajstić information content (AvgIpc) is 2.36. The average molecular weight is 309 g/mol. The maximum Gasteiger partial charge on any atom is 0 e. The maximum atomic E-state index is 2.21. The third-order valence-electron chi connectivity index (χ3n) is 3.39. The summed E-state index contributed by atoms with van der Waals surface area (Å²) in [7, 11) is 0. The van der Waals surface area contributed by atoms with Crippen LogP contribution in [-0.4, -0.2) is 0 Å². The summed E-state index contributed by atoms with van der Waals surface area (Å²) in [6, 6.07) is 21.9. The Morgan fingerprint density at radius 1 is 0.412 bits per heavy atom. The molecule has 0 amide bonds. The number of hydrogen-bond donors (Lipinski definition) is 0. The van der Waals surface area contributed by atoms with Crippen molar-refractivity contribution in [3.05, 3.63) is 60.7 Å². The van der Waals surface area contributed by atoms with Crippen molar-refractivity contribution in [2.24, 2.45) is 0 Å². The second-order valence-corrected chi connectivity index (χ2v) is 4.29. The van der Waals surface area contributed by atoms with Gasteiger partial charge < -0.3 is 0 Å². The Morgan fingerprint density at radius 3 is 1.00 bits per heavy atom. The minimum atomic E-state index is 0. The van der Waals surface area contributed by atoms with E-state index in [9.17, 15) is 0 Å². The van der Waals surface area contributed by atoms with Crippen LogP contribution in [0.1, 0.15) is 0 Å². The van der Waals surface area contributed by atoms with Gasteiger partial charge in [-0.3, -0.25) is 0 Å². The molecule has 0 atom stereocenters. The van der Waals surface area contributed by atoms with Crippen molar-refractivity contribution in [2.75, 3.05) is 0 Å². The number of benzene rings is 4. The first-order chi connectivity index (χ1) is 7.93. The van der Waals surface area contributed by atoms with Gasteiger partial charge in [0.1, 0.15) is 0 Å². The molecule has 4 rings (SSSR count). The fraction of sp³-hybridized carbons (Fsp3) is 0. The van der Waals surface area contributed by atoms with Gasteiger partial charge in [0.05, 0.1) is 0 Å². The largest absolute Gasteiger partial charge is 0.0610 e. The molecule has 0 aliphatic heterocycles. The molecule has 0 saturated carbocycles. The molecular weight excluding hydrogens is 299 g/mol. The SMILES string of the molecule is [Pd].c1cc2ccc3cccc4ccc(c1)c2c34. The first kappa shape index (κ1) is 10.7. The third kappa shape index (κ3) is 1.40. The maximum absolute atomic E-state index is 2.21. The summed E-state index contributed by atoms with van der Waals surface area (Å²) < 4.78 is 0. The molecule has 4 aromatic carbocycles. The molecule has 0 aromatic heterocycles. The van der Waals surface area contributed by atoms with Crippen molar-refractivity contribution in [2.45, 2.75) is 0 Å². The summed E-state index contributed by atoms with van der Waals surface area (Å²) in [4.78, 5) is 0. The van der Waals surface area contributed by atoms with Crippen LogP contribution < -0.4 is 0 Å². The first-order valence-corrected chi connectivity index (χ1v) is 5.56. The van der Waals surface area contributed by atoms with Gasteiger partial charge in [-0.1, -0.05) is 60.7 Å². The second kappa shape index (κ2) is 3.81. The van der Waals surface area contributed by atoms with Gasteiger partial charge in [0.15, 0.2) is 0 Å². The van der Waals surface area contributed by atoms with Gasteiger partial charge in [-0.2, -0.15) is 0 Å². The normalized spacial score (nSPS) is 11.1. The molecule has 0 spiro atoms. The van der Waals surface area contributed by atoms with E-state index in [1.807, 2.05) is 0 Å². The van der Waals surface area contributed by atoms with E-state index in [1.165, 1.54) is 32.3 Å². The monoisotopic (exact) mass is 308 g/mol. The predicted octanol–water partition coefficient (Wildman–Crippen LogP) is 4.58. The standard InChI is InChI=1S/C16H10.Pd/c1-3-11-7-9-13-5-2-6-14-10-8-12(4-1)15(11)16(13)14;/h1-10H;. The van der Waals surface area contributed by atoms with E-state index in [0.29, 0.717) is 0 Å². The second-order valence-electron chi connectivity index (χ2n) is 4.29. The third-order valence-corrected chi connectivity index (χ3v) is 3.39. The van der Waals surface area contributed by atoms with Crippen LogP contribution in [0.3, 0.4) is 0 Å². The molecule has 4 aromatic rings. The molecule has 0 nitrogen and oxygen atoms in total. The van der Waals surface area contributed by atoms with Crippen molar-refractivity contribution >= 4 is 32.3 Å². The van der Waals surface area contributed by atoms with E-state index >= 15 is 0 Å². The van der Waals surface area contributed by atoms with E-state index < -0.39 is 0 Å². The minimum Gasteiger partial charge on any atom is -0.0610 e. The van der Waals surface area contributed by atoms with Crippen molar-refractivity contribution in [1.82, 2.24) is 0 Å². The van der Waals surface area contributed by atoms with Crippen molar-refractivity contribution in [1.29, 1.82) is 0 Å². The van der Waals surface area contributed by atoms with Crippen molar-refractivity contribution < 1.29 is 20.4 Å². The Kier molecular flexibility index (Phi) is 2.40. The molecule has 0 radical (unpaired) electrons. The van der Waals surface area contributed by atoms with Crippen LogP contribution in [0.4, 0.5) is 0 Å². The van der Waals surface area contributed by atoms with Gasteiger partial charge in [-0.25, -0.2) is 0 Å². The van der Waals surface area contributed by atoms with Crippen LogP contribution in [0, 0.1) is 0 Å². The fourth-order valence-corrected chi connectivity index (χ4v) is 2.67. The van der Waals surface area contributed by atoms with E-state index in [0.717, 1.165) is 0 Å². The molecule has 0 aliphatic rings. The van der Waals surface area contributed by atoms with Gasteiger partial charge in [0.25, 0.3) is 0 Å². The molecule has 0 saturated heterocycles. The molecule has 0 N–H and O–H groups in total. The zero-order chi connectivity index (χ0) is 10.5. The summed E-state index contributed by atoms with van der Waals surface area (Å²) in [5.74, 6) is 0. The summed E-state index contributed by atoms with van der Waals surface area (Å²) in [6.07, 6.45) is 0. The Morgan fingerprint density at radius 2 is 0.706 bits per heavy atom. The van der Waals surface area contributed by atoms with E-state index in [2.05, 4.69) is 60.7 Å². The van der Waals surface area contributed by atoms with Crippen LogP contribution in [-0.2, 0) is 20.4 Å². The molecule has 0 fully saturated rings. The predicted molar refractivity (Wildman–Crippen MR) is 70.1 cm³/mol. The number of hydrogen-bond acceptors (Lipinski definition) is 0. The summed E-state index contributed by atoms with van der Waals surface area (Å²) in [5.41, 5.74) is 0. The van der Waals surface area contributed by atoms with Gasteiger partial charge in [-0.05, 0) is 32.3 Å². The zero-order valence-electron chi connectivity index (χ0n) is 9.09. The summed E-state index contributed by atoms with van der Waals surface area (Å²) in [6.45, 7) is 0. The molecule has 0 unspecified atom stereocenters. The van der Waals surface area contributed by atoms with Crippen LogP contribution in [0.2, 0.25) is 0 Å². The van der Waals surface area contributed by atoms with Gasteiger partial charge in [0.2, 0.25) is 0 Å². The first-order valence-electron chi connectivity index (χ1n) is 5.56. The molecule has 17 heavy (non-hydrogen) atoms. The van der Waals surface area contributed by atoms with Crippen molar-refractivity contribution in [3.63, 3.8) is 0 Å². The van der Waals surface area contributed by atoms with E-state index in [1.54, 1.807) is 0 Å². The summed E-state index contributed by atoms with van der Waals surface area (Å²) >= 11 is 0. The van der Waals surface area contributed by atoms with E-state index in [-0.39, 0.29) is 20.4 Å². The topological polar surface area (TPSA) is 0 Å². The van der Waals surface area contributed by atoms with Gasteiger partial charge in [0, 0.05) is 20.4 Å². The molecule has 0 bridgehead atoms. The molecule has 84 valence electrons. The smallest absolute Gasteiger partial charge is 0 e. The minimum absolute atomic E-state index is 0. The number of rotatable bonds is 0. The van der Waals surface area contributed by atoms with E-state index in [4.69, 9.17) is 0 Å². The van der Waals surface area contributed by atoms with Crippen LogP contribution in [0.5, 0.6) is 0 Å². The molecule has 1 heteroatoms. The van der Waals surface area contributed by atoms with Gasteiger partial charge >= 0.3 is 0 Å². The molecule has 0 heterocycles. The Hall–Kier alpha value is -1.42. The molecular formula is C16H10Pd.